The van der Waals surface area contributed by atoms with E-state index >= 15 is 0 Å². The number of ether oxygens (including phenoxy) is 1. The molecule has 0 saturated heterocycles. The van der Waals surface area contributed by atoms with Crippen LogP contribution in [0.4, 0.5) is 5.69 Å². The molecule has 2 aromatic carbocycles. The lowest BCUT2D eigenvalue weighted by Gasteiger charge is -2.11. The van der Waals surface area contributed by atoms with E-state index < -0.39 is 0 Å². The van der Waals surface area contributed by atoms with Crippen molar-refractivity contribution in [3.8, 4) is 5.75 Å². The Bertz CT molecular complexity index is 871. The molecule has 3 rings (SSSR count). The maximum absolute atomic E-state index is 12.3. The van der Waals surface area contributed by atoms with Crippen molar-refractivity contribution < 1.29 is 9.53 Å². The van der Waals surface area contributed by atoms with Gasteiger partial charge in [-0.3, -0.25) is 4.79 Å². The number of carbonyl (C=O) groups is 1. The second-order valence-corrected chi connectivity index (χ2v) is 5.84. The number of fused-ring (bicyclic) bond motifs is 1. The molecule has 0 aliphatic carbocycles. The minimum Gasteiger partial charge on any atom is -0.495 e. The van der Waals surface area contributed by atoms with Crippen molar-refractivity contribution in [2.75, 3.05) is 12.4 Å². The number of carbonyl (C=O) groups excluding carboxylic acids is 1. The van der Waals surface area contributed by atoms with Gasteiger partial charge in [0.15, 0.2) is 0 Å². The number of benzene rings is 2. The van der Waals surface area contributed by atoms with Crippen molar-refractivity contribution >= 4 is 34.1 Å². The van der Waals surface area contributed by atoms with Gasteiger partial charge in [-0.2, -0.15) is 0 Å². The maximum atomic E-state index is 12.3. The van der Waals surface area contributed by atoms with E-state index in [0.717, 1.165) is 10.9 Å². The van der Waals surface area contributed by atoms with Crippen LogP contribution in [0.15, 0.2) is 48.7 Å². The van der Waals surface area contributed by atoms with Gasteiger partial charge in [-0.15, -0.1) is 0 Å². The van der Waals surface area contributed by atoms with Gasteiger partial charge in [-0.1, -0.05) is 23.2 Å². The lowest BCUT2D eigenvalue weighted by molar-refractivity contribution is -0.116. The number of anilines is 1. The summed E-state index contributed by atoms with van der Waals surface area (Å²) in [5.74, 6) is 0.444. The molecule has 3 aromatic rings. The molecule has 1 amide bonds. The maximum Gasteiger partial charge on any atom is 0.244 e. The van der Waals surface area contributed by atoms with E-state index in [1.54, 1.807) is 25.3 Å². The van der Waals surface area contributed by atoms with Crippen LogP contribution in [-0.2, 0) is 11.3 Å². The number of hydrogen-bond donors (Lipinski definition) is 1. The minimum atomic E-state index is -0.136. The molecule has 0 fully saturated rings. The van der Waals surface area contributed by atoms with Crippen molar-refractivity contribution in [2.24, 2.45) is 0 Å². The average Bonchev–Trinajstić information content (AvgIpc) is 2.89. The largest absolute Gasteiger partial charge is 0.495 e. The fraction of sp³-hybridized carbons (Fsp3) is 0.167. The number of hydrogen-bond acceptors (Lipinski definition) is 2. The van der Waals surface area contributed by atoms with E-state index in [2.05, 4.69) is 18.3 Å². The summed E-state index contributed by atoms with van der Waals surface area (Å²) in [7, 11) is 1.56. The fourth-order valence-electron chi connectivity index (χ4n) is 2.58. The van der Waals surface area contributed by atoms with Crippen LogP contribution in [0, 0.1) is 6.92 Å². The number of halogens is 1. The predicted molar refractivity (Wildman–Crippen MR) is 93.3 cm³/mol. The Morgan fingerprint density at radius 2 is 2.04 bits per heavy atom. The molecule has 0 unspecified atom stereocenters. The molecule has 0 saturated carbocycles. The third kappa shape index (κ3) is 3.32. The standard InChI is InChI=1S/C18H17ClN2O2/c1-12-3-5-16-13(9-12)7-8-21(16)11-18(22)20-15-10-14(19)4-6-17(15)23-2/h3-10H,11H2,1-2H3,(H,20,22). The number of nitrogens with one attached hydrogen (secondary N) is 1. The summed E-state index contributed by atoms with van der Waals surface area (Å²) in [6, 6.07) is 13.3. The zero-order valence-corrected chi connectivity index (χ0v) is 13.7. The van der Waals surface area contributed by atoms with Crippen molar-refractivity contribution in [3.05, 3.63) is 59.2 Å². The van der Waals surface area contributed by atoms with E-state index in [9.17, 15) is 4.79 Å². The molecule has 0 aliphatic rings. The van der Waals surface area contributed by atoms with Crippen LogP contribution in [0.5, 0.6) is 5.75 Å². The first-order valence-corrected chi connectivity index (χ1v) is 7.63. The Morgan fingerprint density at radius 1 is 1.22 bits per heavy atom. The average molecular weight is 329 g/mol. The van der Waals surface area contributed by atoms with Crippen molar-refractivity contribution in [1.29, 1.82) is 0 Å². The van der Waals surface area contributed by atoms with Crippen molar-refractivity contribution in [2.45, 2.75) is 13.5 Å². The summed E-state index contributed by atoms with van der Waals surface area (Å²) in [6.45, 7) is 2.27. The number of aryl methyl sites for hydroxylation is 1. The first-order valence-electron chi connectivity index (χ1n) is 7.26. The monoisotopic (exact) mass is 328 g/mol. The molecule has 4 nitrogen and oxygen atoms in total. The van der Waals surface area contributed by atoms with E-state index in [0.29, 0.717) is 16.5 Å². The summed E-state index contributed by atoms with van der Waals surface area (Å²) < 4.78 is 7.16. The van der Waals surface area contributed by atoms with Gasteiger partial charge in [0.05, 0.1) is 12.8 Å². The van der Waals surface area contributed by atoms with E-state index in [4.69, 9.17) is 16.3 Å². The first kappa shape index (κ1) is 15.4. The lowest BCUT2D eigenvalue weighted by Crippen LogP contribution is -2.18. The summed E-state index contributed by atoms with van der Waals surface area (Å²) in [6.07, 6.45) is 1.92. The van der Waals surface area contributed by atoms with Crippen LogP contribution < -0.4 is 10.1 Å². The SMILES string of the molecule is COc1ccc(Cl)cc1NC(=O)Cn1ccc2cc(C)ccc21. The second-order valence-electron chi connectivity index (χ2n) is 5.40. The Hall–Kier alpha value is -2.46. The molecule has 0 atom stereocenters. The lowest BCUT2D eigenvalue weighted by atomic mass is 10.2. The zero-order chi connectivity index (χ0) is 16.4. The molecule has 0 aliphatic heterocycles. The second kappa shape index (κ2) is 6.34. The van der Waals surface area contributed by atoms with E-state index in [-0.39, 0.29) is 12.5 Å². The van der Waals surface area contributed by atoms with Crippen LogP contribution in [0.2, 0.25) is 5.02 Å². The predicted octanol–water partition coefficient (Wildman–Crippen LogP) is 4.25. The molecule has 1 aromatic heterocycles. The van der Waals surface area contributed by atoms with Gasteiger partial charge in [0.1, 0.15) is 12.3 Å². The first-order chi connectivity index (χ1) is 11.1. The third-order valence-corrected chi connectivity index (χ3v) is 3.91. The molecular weight excluding hydrogens is 312 g/mol. The summed E-state index contributed by atoms with van der Waals surface area (Å²) in [4.78, 5) is 12.3. The summed E-state index contributed by atoms with van der Waals surface area (Å²) in [5.41, 5.74) is 2.80. The summed E-state index contributed by atoms with van der Waals surface area (Å²) in [5, 5.41) is 4.52. The van der Waals surface area contributed by atoms with Gasteiger partial charge in [0.2, 0.25) is 5.91 Å². The van der Waals surface area contributed by atoms with Crippen LogP contribution in [0.1, 0.15) is 5.56 Å². The molecule has 0 spiro atoms. The van der Waals surface area contributed by atoms with Gasteiger partial charge in [-0.05, 0) is 48.7 Å². The molecule has 5 heteroatoms. The number of amides is 1. The Morgan fingerprint density at radius 3 is 2.83 bits per heavy atom. The third-order valence-electron chi connectivity index (χ3n) is 3.68. The number of methoxy groups -OCH3 is 1. The van der Waals surface area contributed by atoms with Gasteiger partial charge in [-0.25, -0.2) is 0 Å². The highest BCUT2D eigenvalue weighted by atomic mass is 35.5. The van der Waals surface area contributed by atoms with E-state index in [1.807, 2.05) is 29.0 Å². The fourth-order valence-corrected chi connectivity index (χ4v) is 2.75. The molecule has 0 radical (unpaired) electrons. The van der Waals surface area contributed by atoms with Gasteiger partial charge in [0.25, 0.3) is 0 Å². The van der Waals surface area contributed by atoms with Crippen LogP contribution in [0.3, 0.4) is 0 Å². The highest BCUT2D eigenvalue weighted by Crippen LogP contribution is 2.27. The smallest absolute Gasteiger partial charge is 0.244 e. The van der Waals surface area contributed by atoms with Gasteiger partial charge >= 0.3 is 0 Å². The molecule has 0 bridgehead atoms. The summed E-state index contributed by atoms with van der Waals surface area (Å²) >= 11 is 5.98. The molecule has 23 heavy (non-hydrogen) atoms. The van der Waals surface area contributed by atoms with Gasteiger partial charge < -0.3 is 14.6 Å². The van der Waals surface area contributed by atoms with E-state index in [1.165, 1.54) is 5.56 Å². The number of aromatic nitrogens is 1. The highest BCUT2D eigenvalue weighted by molar-refractivity contribution is 6.31. The van der Waals surface area contributed by atoms with Crippen LogP contribution in [-0.4, -0.2) is 17.6 Å². The Kier molecular flexibility index (Phi) is 4.26. The molecule has 1 heterocycles. The van der Waals surface area contributed by atoms with Crippen LogP contribution >= 0.6 is 11.6 Å². The molecular formula is C18H17ClN2O2. The zero-order valence-electron chi connectivity index (χ0n) is 13.0. The Labute approximate surface area is 139 Å². The van der Waals surface area contributed by atoms with Crippen molar-refractivity contribution in [1.82, 2.24) is 4.57 Å². The normalized spacial score (nSPS) is 10.7. The minimum absolute atomic E-state index is 0.136. The quantitative estimate of drug-likeness (QED) is 0.778. The number of nitrogens with zero attached hydrogens (tertiary/aromatic N) is 1. The Balaban J connectivity index is 1.80. The highest BCUT2D eigenvalue weighted by Gasteiger charge is 2.10. The molecule has 118 valence electrons. The van der Waals surface area contributed by atoms with Gasteiger partial charge in [0, 0.05) is 16.7 Å². The molecule has 1 N–H and O–H groups in total. The topological polar surface area (TPSA) is 43.3 Å². The van der Waals surface area contributed by atoms with Crippen molar-refractivity contribution in [3.63, 3.8) is 0 Å². The van der Waals surface area contributed by atoms with Crippen LogP contribution in [0.25, 0.3) is 10.9 Å². The number of rotatable bonds is 4.